The lowest BCUT2D eigenvalue weighted by Gasteiger charge is -2.48. The highest BCUT2D eigenvalue weighted by atomic mass is 16.6. The number of nitrogens with zero attached hydrogens (tertiary/aromatic N) is 1. The van der Waals surface area contributed by atoms with Crippen LogP contribution in [0.1, 0.15) is 67.2 Å². The lowest BCUT2D eigenvalue weighted by Crippen LogP contribution is -2.59. The largest absolute Gasteiger partial charge is 0.443 e. The number of carbonyl (C=O) groups is 1. The van der Waals surface area contributed by atoms with Gasteiger partial charge in [0.15, 0.2) is 0 Å². The van der Waals surface area contributed by atoms with Crippen LogP contribution in [-0.2, 0) is 18.9 Å². The summed E-state index contributed by atoms with van der Waals surface area (Å²) < 4.78 is 24.2. The summed E-state index contributed by atoms with van der Waals surface area (Å²) in [6, 6.07) is -0.234. The Morgan fingerprint density at radius 3 is 2.48 bits per heavy atom. The average Bonchev–Trinajstić information content (AvgIpc) is 3.22. The number of hydrogen-bond donors (Lipinski definition) is 1. The number of rotatable bonds is 7. The zero-order chi connectivity index (χ0) is 23.0. The van der Waals surface area contributed by atoms with Crippen LogP contribution in [0.3, 0.4) is 0 Å². The Kier molecular flexibility index (Phi) is 7.11. The molecule has 2 unspecified atom stereocenters. The van der Waals surface area contributed by atoms with Gasteiger partial charge in [0.1, 0.15) is 12.2 Å². The van der Waals surface area contributed by atoms with Gasteiger partial charge in [0.25, 0.3) is 0 Å². The van der Waals surface area contributed by atoms with E-state index in [2.05, 4.69) is 33.8 Å². The van der Waals surface area contributed by atoms with Gasteiger partial charge in [-0.2, -0.15) is 0 Å². The molecule has 7 nitrogen and oxygen atoms in total. The van der Waals surface area contributed by atoms with Crippen LogP contribution in [0.5, 0.6) is 0 Å². The van der Waals surface area contributed by atoms with Gasteiger partial charge in [-0.25, -0.2) is 4.79 Å². The first-order valence-corrected chi connectivity index (χ1v) is 11.5. The maximum Gasteiger partial charge on any atom is 0.410 e. The van der Waals surface area contributed by atoms with E-state index in [1.807, 2.05) is 0 Å². The molecule has 0 aromatic carbocycles. The van der Waals surface area contributed by atoms with Crippen LogP contribution in [0, 0.1) is 5.92 Å². The number of likely N-dealkylation sites (tertiary alicyclic amines) is 1. The standard InChI is InChI=1S/C24H41NO6/c1-16(2)11-14-29-23(5,6)20-19(28-7)17(10-12-24(20)15-30-24)31-21(26)25-13-8-9-18(25)22(3,4)27/h11,17-20,27H,8-10,12-15H2,1-7H3/t17-,18?,19-,20-,24?/m1/s1. The highest BCUT2D eigenvalue weighted by Gasteiger charge is 2.64. The van der Waals surface area contributed by atoms with E-state index in [1.165, 1.54) is 5.57 Å². The van der Waals surface area contributed by atoms with Crippen molar-refractivity contribution in [2.45, 2.75) is 102 Å². The summed E-state index contributed by atoms with van der Waals surface area (Å²) in [6.45, 7) is 13.5. The van der Waals surface area contributed by atoms with Gasteiger partial charge in [0, 0.05) is 19.6 Å². The Morgan fingerprint density at radius 2 is 1.94 bits per heavy atom. The molecule has 2 saturated heterocycles. The molecule has 2 heterocycles. The highest BCUT2D eigenvalue weighted by molar-refractivity contribution is 5.69. The maximum atomic E-state index is 13.1. The number of amides is 1. The molecule has 1 saturated carbocycles. The molecule has 1 aliphatic carbocycles. The molecule has 3 rings (SSSR count). The molecule has 1 N–H and O–H groups in total. The summed E-state index contributed by atoms with van der Waals surface area (Å²) in [7, 11) is 1.67. The molecule has 2 aliphatic heterocycles. The fourth-order valence-electron chi connectivity index (χ4n) is 5.51. The molecule has 178 valence electrons. The van der Waals surface area contributed by atoms with Crippen molar-refractivity contribution in [2.24, 2.45) is 5.92 Å². The normalized spacial score (nSPS) is 33.5. The van der Waals surface area contributed by atoms with Crippen molar-refractivity contribution in [3.05, 3.63) is 11.6 Å². The molecule has 0 aromatic rings. The van der Waals surface area contributed by atoms with E-state index in [4.69, 9.17) is 18.9 Å². The van der Waals surface area contributed by atoms with Crippen molar-refractivity contribution in [2.75, 3.05) is 26.9 Å². The topological polar surface area (TPSA) is 80.8 Å². The minimum Gasteiger partial charge on any atom is -0.443 e. The predicted octanol–water partition coefficient (Wildman–Crippen LogP) is 3.68. The van der Waals surface area contributed by atoms with Gasteiger partial charge in [-0.1, -0.05) is 11.6 Å². The van der Waals surface area contributed by atoms with Crippen LogP contribution >= 0.6 is 0 Å². The van der Waals surface area contributed by atoms with Crippen molar-refractivity contribution < 1.29 is 28.8 Å². The van der Waals surface area contributed by atoms with Gasteiger partial charge in [-0.05, 0) is 67.2 Å². The van der Waals surface area contributed by atoms with Crippen molar-refractivity contribution in [3.63, 3.8) is 0 Å². The van der Waals surface area contributed by atoms with Crippen LogP contribution < -0.4 is 0 Å². The third kappa shape index (κ3) is 5.27. The maximum absolute atomic E-state index is 13.1. The summed E-state index contributed by atoms with van der Waals surface area (Å²) >= 11 is 0. The molecular formula is C24H41NO6. The van der Waals surface area contributed by atoms with E-state index < -0.39 is 11.2 Å². The molecular weight excluding hydrogens is 398 g/mol. The molecule has 7 heteroatoms. The van der Waals surface area contributed by atoms with Crippen molar-refractivity contribution in [1.29, 1.82) is 0 Å². The van der Waals surface area contributed by atoms with Gasteiger partial charge in [-0.15, -0.1) is 0 Å². The molecule has 1 spiro atoms. The molecule has 3 fully saturated rings. The smallest absolute Gasteiger partial charge is 0.410 e. The molecule has 0 bridgehead atoms. The van der Waals surface area contributed by atoms with Gasteiger partial charge in [0.05, 0.1) is 36.1 Å². The SMILES string of the molecule is CO[C@H]1[C@H](C(C)(C)OCC=C(C)C)C2(CC[C@H]1OC(=O)N1CCCC1C(C)(C)O)CO2. The second-order valence-electron chi connectivity index (χ2n) is 10.7. The fourth-order valence-corrected chi connectivity index (χ4v) is 5.51. The summed E-state index contributed by atoms with van der Waals surface area (Å²) in [5.41, 5.74) is -0.546. The van der Waals surface area contributed by atoms with E-state index >= 15 is 0 Å². The Labute approximate surface area is 187 Å². The number of methoxy groups -OCH3 is 1. The summed E-state index contributed by atoms with van der Waals surface area (Å²) in [5, 5.41) is 10.5. The first-order valence-electron chi connectivity index (χ1n) is 11.5. The Bertz CT molecular complexity index is 674. The van der Waals surface area contributed by atoms with Gasteiger partial charge in [-0.3, -0.25) is 0 Å². The number of allylic oxidation sites excluding steroid dienone is 1. The van der Waals surface area contributed by atoms with Gasteiger partial charge < -0.3 is 29.0 Å². The fraction of sp³-hybridized carbons (Fsp3) is 0.875. The highest BCUT2D eigenvalue weighted by Crippen LogP contribution is 2.53. The third-order valence-electron chi connectivity index (χ3n) is 7.15. The van der Waals surface area contributed by atoms with Crippen molar-refractivity contribution in [1.82, 2.24) is 4.90 Å². The monoisotopic (exact) mass is 439 g/mol. The molecule has 3 aliphatic rings. The Balaban J connectivity index is 1.75. The zero-order valence-electron chi connectivity index (χ0n) is 20.3. The Hall–Kier alpha value is -1.15. The summed E-state index contributed by atoms with van der Waals surface area (Å²) in [5.74, 6) is -0.0641. The zero-order valence-corrected chi connectivity index (χ0v) is 20.3. The minimum absolute atomic E-state index is 0.0641. The number of hydrogen-bond acceptors (Lipinski definition) is 6. The number of ether oxygens (including phenoxy) is 4. The molecule has 1 amide bonds. The number of epoxide rings is 1. The van der Waals surface area contributed by atoms with Crippen LogP contribution in [0.25, 0.3) is 0 Å². The first kappa shape index (κ1) is 24.5. The van der Waals surface area contributed by atoms with E-state index in [-0.39, 0.29) is 35.9 Å². The first-order chi connectivity index (χ1) is 14.4. The molecule has 5 atom stereocenters. The lowest BCUT2D eigenvalue weighted by molar-refractivity contribution is -0.174. The van der Waals surface area contributed by atoms with Gasteiger partial charge in [0.2, 0.25) is 0 Å². The van der Waals surface area contributed by atoms with E-state index in [1.54, 1.807) is 25.9 Å². The van der Waals surface area contributed by atoms with Crippen LogP contribution in [0.15, 0.2) is 11.6 Å². The number of carbonyl (C=O) groups excluding carboxylic acids is 1. The van der Waals surface area contributed by atoms with Crippen LogP contribution in [0.4, 0.5) is 4.79 Å². The number of aliphatic hydroxyl groups is 1. The van der Waals surface area contributed by atoms with Crippen LogP contribution in [0.2, 0.25) is 0 Å². The second-order valence-corrected chi connectivity index (χ2v) is 10.7. The average molecular weight is 440 g/mol. The van der Waals surface area contributed by atoms with E-state index in [9.17, 15) is 9.90 Å². The van der Waals surface area contributed by atoms with Crippen LogP contribution in [-0.4, -0.2) is 78.0 Å². The Morgan fingerprint density at radius 1 is 1.26 bits per heavy atom. The third-order valence-corrected chi connectivity index (χ3v) is 7.15. The van der Waals surface area contributed by atoms with E-state index in [0.29, 0.717) is 26.2 Å². The van der Waals surface area contributed by atoms with E-state index in [0.717, 1.165) is 19.3 Å². The minimum atomic E-state index is -0.960. The van der Waals surface area contributed by atoms with Crippen molar-refractivity contribution in [3.8, 4) is 0 Å². The second kappa shape index (κ2) is 9.00. The summed E-state index contributed by atoms with van der Waals surface area (Å²) in [6.07, 6.45) is 4.12. The summed E-state index contributed by atoms with van der Waals surface area (Å²) in [4.78, 5) is 14.8. The lowest BCUT2D eigenvalue weighted by atomic mass is 9.68. The molecule has 31 heavy (non-hydrogen) atoms. The predicted molar refractivity (Wildman–Crippen MR) is 118 cm³/mol. The van der Waals surface area contributed by atoms with Crippen molar-refractivity contribution >= 4 is 6.09 Å². The molecule has 0 aromatic heterocycles. The quantitative estimate of drug-likeness (QED) is 0.481. The molecule has 0 radical (unpaired) electrons. The van der Waals surface area contributed by atoms with Gasteiger partial charge >= 0.3 is 6.09 Å².